The molecule has 4 aromatic rings. The maximum atomic E-state index is 6.03. The van der Waals surface area contributed by atoms with Gasteiger partial charge in [-0.1, -0.05) is 36.4 Å². The molecule has 1 aliphatic rings. The lowest BCUT2D eigenvalue weighted by Crippen LogP contribution is -2.31. The Morgan fingerprint density at radius 1 is 0.853 bits per heavy atom. The molecule has 0 saturated heterocycles. The Labute approximate surface area is 201 Å². The molecule has 0 aliphatic carbocycles. The standard InChI is InChI=1S/C29H31N3O2/c1-33-27-11-7-23(8-12-27)21-32-29(15-17-30-32)25-9-13-28(14-10-25)34-20-4-18-31-19-16-24-5-2-3-6-26(24)22-31/h2-3,5-15,17H,4,16,18-22H2,1H3. The van der Waals surface area contributed by atoms with E-state index in [0.717, 1.165) is 61.8 Å². The van der Waals surface area contributed by atoms with E-state index in [1.165, 1.54) is 16.7 Å². The van der Waals surface area contributed by atoms with Crippen molar-refractivity contribution in [3.05, 3.63) is 102 Å². The van der Waals surface area contributed by atoms with E-state index < -0.39 is 0 Å². The monoisotopic (exact) mass is 453 g/mol. The highest BCUT2D eigenvalue weighted by Gasteiger charge is 2.15. The smallest absolute Gasteiger partial charge is 0.119 e. The molecule has 34 heavy (non-hydrogen) atoms. The van der Waals surface area contributed by atoms with Crippen molar-refractivity contribution in [2.75, 3.05) is 26.8 Å². The van der Waals surface area contributed by atoms with Crippen LogP contribution in [0.2, 0.25) is 0 Å². The SMILES string of the molecule is COc1ccc(Cn2nccc2-c2ccc(OCCCN3CCc4ccccc4C3)cc2)cc1. The van der Waals surface area contributed by atoms with Crippen molar-refractivity contribution in [1.29, 1.82) is 0 Å². The maximum absolute atomic E-state index is 6.03. The van der Waals surface area contributed by atoms with Crippen molar-refractivity contribution in [2.24, 2.45) is 0 Å². The Bertz CT molecular complexity index is 1200. The fraction of sp³-hybridized carbons (Fsp3) is 0.276. The molecule has 0 bridgehead atoms. The van der Waals surface area contributed by atoms with Gasteiger partial charge in [0.15, 0.2) is 0 Å². The van der Waals surface area contributed by atoms with Gasteiger partial charge in [-0.05, 0) is 72.0 Å². The largest absolute Gasteiger partial charge is 0.497 e. The molecule has 0 unspecified atom stereocenters. The summed E-state index contributed by atoms with van der Waals surface area (Å²) in [5.41, 5.74) is 6.37. The summed E-state index contributed by atoms with van der Waals surface area (Å²) < 4.78 is 13.3. The number of rotatable bonds is 9. The maximum Gasteiger partial charge on any atom is 0.119 e. The van der Waals surface area contributed by atoms with Crippen LogP contribution in [-0.2, 0) is 19.5 Å². The van der Waals surface area contributed by atoms with Gasteiger partial charge in [0.25, 0.3) is 0 Å². The second-order valence-electron chi connectivity index (χ2n) is 8.74. The van der Waals surface area contributed by atoms with E-state index in [9.17, 15) is 0 Å². The average Bonchev–Trinajstić information content (AvgIpc) is 3.35. The van der Waals surface area contributed by atoms with Gasteiger partial charge >= 0.3 is 0 Å². The Morgan fingerprint density at radius 3 is 2.41 bits per heavy atom. The summed E-state index contributed by atoms with van der Waals surface area (Å²) in [7, 11) is 1.68. The second kappa shape index (κ2) is 10.6. The predicted octanol–water partition coefficient (Wildman–Crippen LogP) is 5.43. The minimum Gasteiger partial charge on any atom is -0.497 e. The molecule has 3 aromatic carbocycles. The van der Waals surface area contributed by atoms with Crippen molar-refractivity contribution < 1.29 is 9.47 Å². The molecule has 0 saturated carbocycles. The topological polar surface area (TPSA) is 39.5 Å². The van der Waals surface area contributed by atoms with E-state index >= 15 is 0 Å². The molecule has 1 aliphatic heterocycles. The summed E-state index contributed by atoms with van der Waals surface area (Å²) in [6.07, 6.45) is 4.02. The first-order valence-electron chi connectivity index (χ1n) is 12.0. The van der Waals surface area contributed by atoms with Gasteiger partial charge in [-0.25, -0.2) is 0 Å². The molecule has 5 heteroatoms. The fourth-order valence-corrected chi connectivity index (χ4v) is 4.55. The lowest BCUT2D eigenvalue weighted by atomic mass is 10.00. The molecule has 5 rings (SSSR count). The van der Waals surface area contributed by atoms with Crippen LogP contribution in [0, 0.1) is 0 Å². The minimum atomic E-state index is 0.714. The average molecular weight is 454 g/mol. The van der Waals surface area contributed by atoms with Crippen LogP contribution >= 0.6 is 0 Å². The normalized spacial score (nSPS) is 13.4. The van der Waals surface area contributed by atoms with E-state index in [1.807, 2.05) is 23.0 Å². The third kappa shape index (κ3) is 5.32. The van der Waals surface area contributed by atoms with Crippen LogP contribution in [0.4, 0.5) is 0 Å². The van der Waals surface area contributed by atoms with E-state index in [2.05, 4.69) is 76.7 Å². The molecule has 2 heterocycles. The van der Waals surface area contributed by atoms with Crippen LogP contribution in [0.3, 0.4) is 0 Å². The molecule has 1 aromatic heterocycles. The first kappa shape index (κ1) is 22.2. The zero-order chi connectivity index (χ0) is 23.2. The van der Waals surface area contributed by atoms with E-state index in [-0.39, 0.29) is 0 Å². The summed E-state index contributed by atoms with van der Waals surface area (Å²) in [6.45, 7) is 4.69. The van der Waals surface area contributed by atoms with Crippen LogP contribution in [0.25, 0.3) is 11.3 Å². The summed E-state index contributed by atoms with van der Waals surface area (Å²) in [5, 5.41) is 4.52. The first-order valence-corrected chi connectivity index (χ1v) is 12.0. The Morgan fingerprint density at radius 2 is 1.62 bits per heavy atom. The number of ether oxygens (including phenoxy) is 2. The minimum absolute atomic E-state index is 0.714. The number of nitrogens with zero attached hydrogens (tertiary/aromatic N) is 3. The lowest BCUT2D eigenvalue weighted by Gasteiger charge is -2.28. The van der Waals surface area contributed by atoms with E-state index in [4.69, 9.17) is 9.47 Å². The van der Waals surface area contributed by atoms with Crippen molar-refractivity contribution in [2.45, 2.75) is 25.9 Å². The van der Waals surface area contributed by atoms with Crippen molar-refractivity contribution >= 4 is 0 Å². The van der Waals surface area contributed by atoms with Gasteiger partial charge in [-0.3, -0.25) is 9.58 Å². The van der Waals surface area contributed by atoms with Crippen LogP contribution in [0.15, 0.2) is 85.1 Å². The molecule has 174 valence electrons. The molecule has 5 nitrogen and oxygen atoms in total. The summed E-state index contributed by atoms with van der Waals surface area (Å²) in [6, 6.07) is 27.3. The molecule has 0 spiro atoms. The Balaban J connectivity index is 1.12. The van der Waals surface area contributed by atoms with Gasteiger partial charge < -0.3 is 9.47 Å². The predicted molar refractivity (Wildman–Crippen MR) is 135 cm³/mol. The Kier molecular flexibility index (Phi) is 6.91. The molecule has 0 radical (unpaired) electrons. The number of aromatic nitrogens is 2. The van der Waals surface area contributed by atoms with Crippen molar-refractivity contribution in [1.82, 2.24) is 14.7 Å². The Hall–Kier alpha value is -3.57. The van der Waals surface area contributed by atoms with Crippen molar-refractivity contribution in [3.63, 3.8) is 0 Å². The highest BCUT2D eigenvalue weighted by molar-refractivity contribution is 5.60. The van der Waals surface area contributed by atoms with Crippen LogP contribution < -0.4 is 9.47 Å². The molecule has 0 N–H and O–H groups in total. The van der Waals surface area contributed by atoms with Gasteiger partial charge in [-0.2, -0.15) is 5.10 Å². The van der Waals surface area contributed by atoms with Gasteiger partial charge in [0, 0.05) is 31.4 Å². The highest BCUT2D eigenvalue weighted by atomic mass is 16.5. The molecule has 0 atom stereocenters. The zero-order valence-corrected chi connectivity index (χ0v) is 19.7. The fourth-order valence-electron chi connectivity index (χ4n) is 4.55. The number of hydrogen-bond acceptors (Lipinski definition) is 4. The summed E-state index contributed by atoms with van der Waals surface area (Å²) >= 11 is 0. The number of hydrogen-bond donors (Lipinski definition) is 0. The molecular weight excluding hydrogens is 422 g/mol. The number of benzene rings is 3. The van der Waals surface area contributed by atoms with Gasteiger partial charge in [0.1, 0.15) is 11.5 Å². The molecular formula is C29H31N3O2. The van der Waals surface area contributed by atoms with Crippen LogP contribution in [0.5, 0.6) is 11.5 Å². The van der Waals surface area contributed by atoms with Crippen LogP contribution in [-0.4, -0.2) is 41.5 Å². The first-order chi connectivity index (χ1) is 16.8. The third-order valence-corrected chi connectivity index (χ3v) is 6.46. The highest BCUT2D eigenvalue weighted by Crippen LogP contribution is 2.24. The molecule has 0 fully saturated rings. The zero-order valence-electron chi connectivity index (χ0n) is 19.7. The quantitative estimate of drug-likeness (QED) is 0.317. The third-order valence-electron chi connectivity index (χ3n) is 6.46. The summed E-state index contributed by atoms with van der Waals surface area (Å²) in [4.78, 5) is 2.53. The summed E-state index contributed by atoms with van der Waals surface area (Å²) in [5.74, 6) is 1.77. The van der Waals surface area contributed by atoms with Crippen LogP contribution in [0.1, 0.15) is 23.1 Å². The number of fused-ring (bicyclic) bond motifs is 1. The van der Waals surface area contributed by atoms with E-state index in [1.54, 1.807) is 7.11 Å². The molecule has 0 amide bonds. The number of methoxy groups -OCH3 is 1. The van der Waals surface area contributed by atoms with Gasteiger partial charge in [-0.15, -0.1) is 0 Å². The van der Waals surface area contributed by atoms with Gasteiger partial charge in [0.2, 0.25) is 0 Å². The van der Waals surface area contributed by atoms with E-state index in [0.29, 0.717) is 6.54 Å². The van der Waals surface area contributed by atoms with Gasteiger partial charge in [0.05, 0.1) is 26.0 Å². The second-order valence-corrected chi connectivity index (χ2v) is 8.74. The lowest BCUT2D eigenvalue weighted by molar-refractivity contribution is 0.221. The van der Waals surface area contributed by atoms with Crippen molar-refractivity contribution in [3.8, 4) is 22.8 Å².